The van der Waals surface area contributed by atoms with Crippen molar-refractivity contribution < 1.29 is 9.47 Å². The summed E-state index contributed by atoms with van der Waals surface area (Å²) in [6.07, 6.45) is 1.25. The van der Waals surface area contributed by atoms with E-state index >= 15 is 0 Å². The first-order valence-electron chi connectivity index (χ1n) is 7.33. The molecule has 6 nitrogen and oxygen atoms in total. The van der Waals surface area contributed by atoms with E-state index in [2.05, 4.69) is 28.8 Å². The maximum atomic E-state index is 5.81. The Hall–Kier alpha value is -1.66. The van der Waals surface area contributed by atoms with E-state index in [9.17, 15) is 0 Å². The average molecular weight is 329 g/mol. The highest BCUT2D eigenvalue weighted by atomic mass is 35.5. The van der Waals surface area contributed by atoms with Gasteiger partial charge in [0.1, 0.15) is 11.8 Å². The second-order valence-corrected chi connectivity index (χ2v) is 4.32. The molecule has 0 atom stereocenters. The van der Waals surface area contributed by atoms with Crippen LogP contribution in [0.1, 0.15) is 34.1 Å². The highest BCUT2D eigenvalue weighted by molar-refractivity contribution is 6.29. The molecule has 0 unspecified atom stereocenters. The van der Waals surface area contributed by atoms with E-state index in [-0.39, 0.29) is 5.95 Å². The Kier molecular flexibility index (Phi) is 11.0. The third-order valence-electron chi connectivity index (χ3n) is 2.02. The Morgan fingerprint density at radius 2 is 1.73 bits per heavy atom. The Balaban J connectivity index is 0.000000789. The third kappa shape index (κ3) is 6.87. The molecule has 2 heterocycles. The molecule has 0 bridgehead atoms. The lowest BCUT2D eigenvalue weighted by atomic mass is 10.3. The third-order valence-corrected chi connectivity index (χ3v) is 2.23. The van der Waals surface area contributed by atoms with Crippen LogP contribution in [-0.4, -0.2) is 35.3 Å². The van der Waals surface area contributed by atoms with Gasteiger partial charge in [-0.2, -0.15) is 4.98 Å². The van der Waals surface area contributed by atoms with Crippen LogP contribution in [0.25, 0.3) is 11.0 Å². The molecule has 0 amide bonds. The molecule has 0 aliphatic carbocycles. The number of pyridine rings is 1. The molecule has 0 radical (unpaired) electrons. The van der Waals surface area contributed by atoms with Crippen molar-refractivity contribution in [3.8, 4) is 5.88 Å². The highest BCUT2D eigenvalue weighted by Crippen LogP contribution is 2.22. The first-order valence-corrected chi connectivity index (χ1v) is 7.71. The van der Waals surface area contributed by atoms with Crippen LogP contribution in [0.15, 0.2) is 12.1 Å². The minimum absolute atomic E-state index is 0.133. The molecule has 7 heteroatoms. The Bertz CT molecular complexity index is 552. The topological polar surface area (TPSA) is 83.2 Å². The summed E-state index contributed by atoms with van der Waals surface area (Å²) in [6.45, 7) is 9.06. The molecule has 2 aromatic rings. The number of nitrogens with two attached hydrogens (primary N) is 1. The number of rotatable bonds is 4. The molecule has 22 heavy (non-hydrogen) atoms. The van der Waals surface area contributed by atoms with Crippen LogP contribution in [0.3, 0.4) is 0 Å². The maximum absolute atomic E-state index is 5.81. The van der Waals surface area contributed by atoms with Gasteiger partial charge in [-0.15, -0.1) is 0 Å². The minimum atomic E-state index is 0.133. The Morgan fingerprint density at radius 1 is 1.09 bits per heavy atom. The van der Waals surface area contributed by atoms with Crippen LogP contribution in [0, 0.1) is 0 Å². The molecule has 0 aromatic carbocycles. The fraction of sp³-hybridized carbons (Fsp3) is 0.533. The van der Waals surface area contributed by atoms with Gasteiger partial charge in [-0.1, -0.05) is 45.7 Å². The SMILES string of the molecule is CC.CCC.COCCOc1nc(N)nc2ccc(Cl)nc12. The largest absolute Gasteiger partial charge is 0.474 e. The summed E-state index contributed by atoms with van der Waals surface area (Å²) in [5, 5.41) is 0.350. The molecule has 2 rings (SSSR count). The smallest absolute Gasteiger partial charge is 0.245 e. The molecule has 0 fully saturated rings. The monoisotopic (exact) mass is 328 g/mol. The first kappa shape index (κ1) is 20.3. The lowest BCUT2D eigenvalue weighted by Gasteiger charge is -2.07. The van der Waals surface area contributed by atoms with E-state index in [1.165, 1.54) is 6.42 Å². The summed E-state index contributed by atoms with van der Waals surface area (Å²) in [4.78, 5) is 12.1. The predicted molar refractivity (Wildman–Crippen MR) is 91.4 cm³/mol. The number of anilines is 1. The molecule has 124 valence electrons. The second kappa shape index (κ2) is 11.9. The summed E-state index contributed by atoms with van der Waals surface area (Å²) in [6, 6.07) is 3.35. The highest BCUT2D eigenvalue weighted by Gasteiger charge is 2.09. The van der Waals surface area contributed by atoms with Crippen molar-refractivity contribution in [2.24, 2.45) is 0 Å². The first-order chi connectivity index (χ1) is 10.6. The molecule has 0 saturated heterocycles. The van der Waals surface area contributed by atoms with Gasteiger partial charge in [0.15, 0.2) is 5.52 Å². The van der Waals surface area contributed by atoms with Gasteiger partial charge in [0, 0.05) is 7.11 Å². The van der Waals surface area contributed by atoms with Crippen molar-refractivity contribution in [1.82, 2.24) is 15.0 Å². The summed E-state index contributed by atoms with van der Waals surface area (Å²) in [5.74, 6) is 0.445. The van der Waals surface area contributed by atoms with Gasteiger partial charge in [0.05, 0.1) is 12.1 Å². The van der Waals surface area contributed by atoms with Gasteiger partial charge in [-0.05, 0) is 12.1 Å². The summed E-state index contributed by atoms with van der Waals surface area (Å²) >= 11 is 5.81. The van der Waals surface area contributed by atoms with E-state index in [1.54, 1.807) is 19.2 Å². The standard InChI is InChI=1S/C10H11ClN4O2.C3H8.C2H6/c1-16-4-5-17-9-8-6(13-10(12)15-9)2-3-7(11)14-8;1-3-2;1-2/h2-3H,4-5H2,1H3,(H2,12,13,15);3H2,1-2H3;1-2H3. The molecular weight excluding hydrogens is 304 g/mol. The average Bonchev–Trinajstić information content (AvgIpc) is 2.51. The van der Waals surface area contributed by atoms with Crippen molar-refractivity contribution in [2.75, 3.05) is 26.1 Å². The zero-order chi connectivity index (χ0) is 17.0. The zero-order valence-electron chi connectivity index (χ0n) is 13.9. The van der Waals surface area contributed by atoms with Gasteiger partial charge in [-0.3, -0.25) is 0 Å². The fourth-order valence-corrected chi connectivity index (χ4v) is 1.45. The van der Waals surface area contributed by atoms with Crippen LogP contribution < -0.4 is 10.5 Å². The molecule has 0 spiro atoms. The summed E-state index contributed by atoms with van der Waals surface area (Å²) < 4.78 is 10.3. The van der Waals surface area contributed by atoms with Gasteiger partial charge >= 0.3 is 0 Å². The minimum Gasteiger partial charge on any atom is -0.474 e. The fourth-order valence-electron chi connectivity index (χ4n) is 1.30. The zero-order valence-corrected chi connectivity index (χ0v) is 14.6. The van der Waals surface area contributed by atoms with Crippen LogP contribution in [0.4, 0.5) is 5.95 Å². The van der Waals surface area contributed by atoms with Gasteiger partial charge in [-0.25, -0.2) is 9.97 Å². The van der Waals surface area contributed by atoms with E-state index < -0.39 is 0 Å². The van der Waals surface area contributed by atoms with Crippen molar-refractivity contribution in [3.05, 3.63) is 17.3 Å². The van der Waals surface area contributed by atoms with Gasteiger partial charge < -0.3 is 15.2 Å². The summed E-state index contributed by atoms with van der Waals surface area (Å²) in [5.41, 5.74) is 6.65. The van der Waals surface area contributed by atoms with E-state index in [0.29, 0.717) is 35.3 Å². The number of hydrogen-bond donors (Lipinski definition) is 1. The molecule has 0 aliphatic rings. The molecule has 0 saturated carbocycles. The van der Waals surface area contributed by atoms with Crippen LogP contribution >= 0.6 is 11.6 Å². The number of ether oxygens (including phenoxy) is 2. The molecule has 2 N–H and O–H groups in total. The number of hydrogen-bond acceptors (Lipinski definition) is 6. The van der Waals surface area contributed by atoms with Crippen LogP contribution in [-0.2, 0) is 4.74 Å². The van der Waals surface area contributed by atoms with E-state index in [4.69, 9.17) is 26.8 Å². The number of nitrogen functional groups attached to an aromatic ring is 1. The van der Waals surface area contributed by atoms with Crippen molar-refractivity contribution in [1.29, 1.82) is 0 Å². The van der Waals surface area contributed by atoms with E-state index in [1.807, 2.05) is 13.8 Å². The molecular formula is C15H25ClN4O2. The number of methoxy groups -OCH3 is 1. The number of aromatic nitrogens is 3. The number of fused-ring (bicyclic) bond motifs is 1. The van der Waals surface area contributed by atoms with Crippen molar-refractivity contribution in [3.63, 3.8) is 0 Å². The Morgan fingerprint density at radius 3 is 2.32 bits per heavy atom. The van der Waals surface area contributed by atoms with Gasteiger partial charge in [0.2, 0.25) is 11.8 Å². The molecule has 0 aliphatic heterocycles. The lowest BCUT2D eigenvalue weighted by molar-refractivity contribution is 0.144. The quantitative estimate of drug-likeness (QED) is 0.680. The van der Waals surface area contributed by atoms with E-state index in [0.717, 1.165) is 0 Å². The van der Waals surface area contributed by atoms with Crippen molar-refractivity contribution >= 4 is 28.6 Å². The Labute approximate surface area is 137 Å². The van der Waals surface area contributed by atoms with Crippen LogP contribution in [0.5, 0.6) is 5.88 Å². The second-order valence-electron chi connectivity index (χ2n) is 3.94. The summed E-state index contributed by atoms with van der Waals surface area (Å²) in [7, 11) is 1.59. The lowest BCUT2D eigenvalue weighted by Crippen LogP contribution is -2.08. The molecule has 2 aromatic heterocycles. The predicted octanol–water partition coefficient (Wildman–Crippen LogP) is 3.73. The van der Waals surface area contributed by atoms with Gasteiger partial charge in [0.25, 0.3) is 0 Å². The number of halogens is 1. The number of nitrogens with zero attached hydrogens (tertiary/aromatic N) is 3. The normalized spacial score (nSPS) is 9.36. The van der Waals surface area contributed by atoms with Crippen LogP contribution in [0.2, 0.25) is 5.15 Å². The maximum Gasteiger partial charge on any atom is 0.245 e. The van der Waals surface area contributed by atoms with Crippen molar-refractivity contribution in [2.45, 2.75) is 34.1 Å².